The van der Waals surface area contributed by atoms with Crippen LogP contribution in [0.2, 0.25) is 0 Å². The van der Waals surface area contributed by atoms with E-state index in [1.165, 1.54) is 4.90 Å². The zero-order valence-electron chi connectivity index (χ0n) is 15.2. The fourth-order valence-electron chi connectivity index (χ4n) is 3.31. The molecule has 1 amide bonds. The zero-order chi connectivity index (χ0) is 18.7. The predicted molar refractivity (Wildman–Crippen MR) is 101 cm³/mol. The molecule has 0 spiro atoms. The highest BCUT2D eigenvalue weighted by atomic mass is 19.1. The number of nitrogens with two attached hydrogens (primary N) is 1. The van der Waals surface area contributed by atoms with Crippen molar-refractivity contribution >= 4 is 5.91 Å². The number of ether oxygens (including phenoxy) is 1. The molecule has 4 nitrogen and oxygen atoms in total. The van der Waals surface area contributed by atoms with Crippen LogP contribution in [-0.2, 0) is 4.79 Å². The number of carbonyl (C=O) groups is 1. The van der Waals surface area contributed by atoms with Crippen molar-refractivity contribution in [2.24, 2.45) is 5.73 Å². The number of rotatable bonds is 5. The minimum Gasteiger partial charge on any atom is -0.497 e. The number of halogens is 1. The first-order valence-corrected chi connectivity index (χ1v) is 8.92. The molecule has 26 heavy (non-hydrogen) atoms. The molecule has 2 aromatic rings. The lowest BCUT2D eigenvalue weighted by Crippen LogP contribution is -2.45. The second kappa shape index (κ2) is 7.87. The molecular weight excluding hydrogens is 331 g/mol. The van der Waals surface area contributed by atoms with Crippen LogP contribution in [0.5, 0.6) is 5.75 Å². The third kappa shape index (κ3) is 3.88. The number of likely N-dealkylation sites (tertiary alicyclic amines) is 1. The lowest BCUT2D eigenvalue weighted by molar-refractivity contribution is -0.132. The number of hydrogen-bond acceptors (Lipinski definition) is 3. The van der Waals surface area contributed by atoms with Crippen molar-refractivity contribution in [1.29, 1.82) is 0 Å². The summed E-state index contributed by atoms with van der Waals surface area (Å²) in [4.78, 5) is 14.0. The third-order valence-electron chi connectivity index (χ3n) is 5.13. The Hall–Kier alpha value is -2.40. The monoisotopic (exact) mass is 356 g/mol. The number of alkyl halides is 1. The highest BCUT2D eigenvalue weighted by Crippen LogP contribution is 2.26. The van der Waals surface area contributed by atoms with Gasteiger partial charge >= 0.3 is 0 Å². The van der Waals surface area contributed by atoms with Crippen LogP contribution in [0, 0.1) is 0 Å². The summed E-state index contributed by atoms with van der Waals surface area (Å²) >= 11 is 0. The number of hydrogen-bond donors (Lipinski definition) is 1. The fraction of sp³-hybridized carbons (Fsp3) is 0.381. The van der Waals surface area contributed by atoms with Crippen molar-refractivity contribution < 1.29 is 13.9 Å². The molecule has 0 unspecified atom stereocenters. The molecule has 1 aliphatic heterocycles. The van der Waals surface area contributed by atoms with Gasteiger partial charge in [0.1, 0.15) is 11.9 Å². The normalized spacial score (nSPS) is 19.2. The van der Waals surface area contributed by atoms with Crippen LogP contribution in [0.3, 0.4) is 0 Å². The van der Waals surface area contributed by atoms with E-state index in [9.17, 15) is 9.18 Å². The molecule has 1 saturated heterocycles. The van der Waals surface area contributed by atoms with E-state index in [1.807, 2.05) is 55.5 Å². The zero-order valence-corrected chi connectivity index (χ0v) is 15.2. The average molecular weight is 356 g/mol. The molecule has 0 aliphatic carbocycles. The van der Waals surface area contributed by atoms with Crippen molar-refractivity contribution in [1.82, 2.24) is 4.90 Å². The Bertz CT molecular complexity index is 746. The number of benzene rings is 2. The van der Waals surface area contributed by atoms with E-state index in [-0.39, 0.29) is 18.4 Å². The Kier molecular flexibility index (Phi) is 5.57. The molecule has 1 heterocycles. The Morgan fingerprint density at radius 2 is 1.73 bits per heavy atom. The highest BCUT2D eigenvalue weighted by Gasteiger charge is 2.31. The van der Waals surface area contributed by atoms with Gasteiger partial charge in [-0.1, -0.05) is 43.3 Å². The van der Waals surface area contributed by atoms with Gasteiger partial charge in [0.25, 0.3) is 0 Å². The summed E-state index contributed by atoms with van der Waals surface area (Å²) in [6.07, 6.45) is -0.520. The summed E-state index contributed by atoms with van der Waals surface area (Å²) in [7, 11) is 1.64. The number of methoxy groups -OCH3 is 1. The number of amides is 1. The van der Waals surface area contributed by atoms with E-state index >= 15 is 0 Å². The SMILES string of the molecule is COc1ccc(-c2ccc([C@H](C)[C@H](N)C(=O)N3CC[C@H](F)C3)cc2)cc1. The van der Waals surface area contributed by atoms with E-state index in [4.69, 9.17) is 10.5 Å². The number of carbonyl (C=O) groups excluding carboxylic acids is 1. The van der Waals surface area contributed by atoms with Gasteiger partial charge in [0.15, 0.2) is 0 Å². The van der Waals surface area contributed by atoms with Gasteiger partial charge < -0.3 is 15.4 Å². The van der Waals surface area contributed by atoms with E-state index in [2.05, 4.69) is 0 Å². The van der Waals surface area contributed by atoms with Crippen LogP contribution in [0.1, 0.15) is 24.8 Å². The van der Waals surface area contributed by atoms with Crippen LogP contribution in [0.15, 0.2) is 48.5 Å². The molecule has 138 valence electrons. The van der Waals surface area contributed by atoms with Gasteiger partial charge in [-0.05, 0) is 35.2 Å². The van der Waals surface area contributed by atoms with Gasteiger partial charge in [-0.25, -0.2) is 4.39 Å². The Morgan fingerprint density at radius 3 is 2.23 bits per heavy atom. The summed E-state index contributed by atoms with van der Waals surface area (Å²) in [5, 5.41) is 0. The Balaban J connectivity index is 1.69. The lowest BCUT2D eigenvalue weighted by Gasteiger charge is -2.25. The van der Waals surface area contributed by atoms with Crippen LogP contribution in [0.25, 0.3) is 11.1 Å². The third-order valence-corrected chi connectivity index (χ3v) is 5.13. The molecular formula is C21H25FN2O2. The molecule has 2 aromatic carbocycles. The fourth-order valence-corrected chi connectivity index (χ4v) is 3.31. The highest BCUT2D eigenvalue weighted by molar-refractivity contribution is 5.83. The predicted octanol–water partition coefficient (Wildman–Crippen LogP) is 3.36. The van der Waals surface area contributed by atoms with E-state index < -0.39 is 12.2 Å². The first-order chi connectivity index (χ1) is 12.5. The second-order valence-electron chi connectivity index (χ2n) is 6.84. The molecule has 5 heteroatoms. The summed E-state index contributed by atoms with van der Waals surface area (Å²) < 4.78 is 18.5. The van der Waals surface area contributed by atoms with Crippen molar-refractivity contribution in [3.63, 3.8) is 0 Å². The van der Waals surface area contributed by atoms with Crippen LogP contribution in [-0.4, -0.2) is 43.2 Å². The Morgan fingerprint density at radius 1 is 1.15 bits per heavy atom. The lowest BCUT2D eigenvalue weighted by atomic mass is 9.91. The summed E-state index contributed by atoms with van der Waals surface area (Å²) in [6.45, 7) is 2.56. The van der Waals surface area contributed by atoms with Gasteiger partial charge in [-0.3, -0.25) is 4.79 Å². The molecule has 1 fully saturated rings. The second-order valence-corrected chi connectivity index (χ2v) is 6.84. The standard InChI is InChI=1S/C21H25FN2O2/c1-14(20(23)21(25)24-12-11-18(22)13-24)15-3-5-16(6-4-15)17-7-9-19(26-2)10-8-17/h3-10,14,18,20H,11-13,23H2,1-2H3/t14-,18-,20-/m0/s1. The van der Waals surface area contributed by atoms with Crippen LogP contribution < -0.4 is 10.5 Å². The Labute approximate surface area is 153 Å². The minimum atomic E-state index is -0.926. The molecule has 3 rings (SSSR count). The van der Waals surface area contributed by atoms with Gasteiger partial charge in [0.05, 0.1) is 19.7 Å². The topological polar surface area (TPSA) is 55.6 Å². The van der Waals surface area contributed by atoms with Gasteiger partial charge in [0.2, 0.25) is 5.91 Å². The van der Waals surface area contributed by atoms with Gasteiger partial charge in [-0.2, -0.15) is 0 Å². The summed E-state index contributed by atoms with van der Waals surface area (Å²) in [6, 6.07) is 15.3. The molecule has 0 aromatic heterocycles. The van der Waals surface area contributed by atoms with Crippen molar-refractivity contribution in [3.8, 4) is 16.9 Å². The quantitative estimate of drug-likeness (QED) is 0.894. The first-order valence-electron chi connectivity index (χ1n) is 8.92. The van der Waals surface area contributed by atoms with Crippen molar-refractivity contribution in [2.75, 3.05) is 20.2 Å². The maximum atomic E-state index is 13.3. The van der Waals surface area contributed by atoms with E-state index in [1.54, 1.807) is 7.11 Å². The van der Waals surface area contributed by atoms with E-state index in [0.717, 1.165) is 22.4 Å². The van der Waals surface area contributed by atoms with Crippen molar-refractivity contribution in [2.45, 2.75) is 31.5 Å². The number of nitrogens with zero attached hydrogens (tertiary/aromatic N) is 1. The van der Waals surface area contributed by atoms with Gasteiger partial charge in [0, 0.05) is 12.5 Å². The van der Waals surface area contributed by atoms with Crippen LogP contribution >= 0.6 is 0 Å². The molecule has 1 aliphatic rings. The molecule has 2 N–H and O–H groups in total. The molecule has 0 bridgehead atoms. The minimum absolute atomic E-state index is 0.133. The first kappa shape index (κ1) is 18.4. The maximum Gasteiger partial charge on any atom is 0.240 e. The molecule has 3 atom stereocenters. The van der Waals surface area contributed by atoms with Crippen LogP contribution in [0.4, 0.5) is 4.39 Å². The van der Waals surface area contributed by atoms with Gasteiger partial charge in [-0.15, -0.1) is 0 Å². The smallest absolute Gasteiger partial charge is 0.240 e. The summed E-state index contributed by atoms with van der Waals surface area (Å²) in [5.74, 6) is 0.517. The largest absolute Gasteiger partial charge is 0.497 e. The average Bonchev–Trinajstić information content (AvgIpc) is 3.13. The van der Waals surface area contributed by atoms with E-state index in [0.29, 0.717) is 13.0 Å². The van der Waals surface area contributed by atoms with Crippen molar-refractivity contribution in [3.05, 3.63) is 54.1 Å². The summed E-state index contributed by atoms with van der Waals surface area (Å²) in [5.41, 5.74) is 9.35. The molecule has 0 saturated carbocycles. The molecule has 0 radical (unpaired) electrons. The maximum absolute atomic E-state index is 13.3.